The Hall–Kier alpha value is -2.54. The molecule has 1 amide bonds. The van der Waals surface area contributed by atoms with Crippen LogP contribution < -0.4 is 10.1 Å². The lowest BCUT2D eigenvalue weighted by molar-refractivity contribution is -0.127. The zero-order valence-corrected chi connectivity index (χ0v) is 16.2. The molecular weight excluding hydrogens is 364 g/mol. The van der Waals surface area contributed by atoms with Gasteiger partial charge in [0.2, 0.25) is 17.6 Å². The number of pyridine rings is 1. The second-order valence-electron chi connectivity index (χ2n) is 6.94. The lowest BCUT2D eigenvalue weighted by Crippen LogP contribution is -2.49. The summed E-state index contributed by atoms with van der Waals surface area (Å²) in [7, 11) is 0. The second kappa shape index (κ2) is 9.10. The molecule has 1 atom stereocenters. The minimum absolute atomic E-state index is 0.0380. The van der Waals surface area contributed by atoms with Crippen LogP contribution >= 0.6 is 0 Å². The maximum atomic E-state index is 14.1. The minimum Gasteiger partial charge on any atom is -0.435 e. The topological polar surface area (TPSA) is 54.5 Å². The second-order valence-corrected chi connectivity index (χ2v) is 6.94. The zero-order valence-electron chi connectivity index (χ0n) is 16.2. The highest BCUT2D eigenvalue weighted by molar-refractivity contribution is 5.81. The van der Waals surface area contributed by atoms with E-state index in [0.717, 1.165) is 32.4 Å². The van der Waals surface area contributed by atoms with Crippen LogP contribution in [0.4, 0.5) is 8.78 Å². The highest BCUT2D eigenvalue weighted by Gasteiger charge is 2.27. The van der Waals surface area contributed by atoms with Gasteiger partial charge in [-0.2, -0.15) is 4.39 Å². The van der Waals surface area contributed by atoms with Crippen molar-refractivity contribution in [1.82, 2.24) is 15.2 Å². The first kappa shape index (κ1) is 20.2. The summed E-state index contributed by atoms with van der Waals surface area (Å²) in [4.78, 5) is 18.9. The molecule has 1 aromatic heterocycles. The van der Waals surface area contributed by atoms with Crippen LogP contribution in [0.2, 0.25) is 0 Å². The Morgan fingerprint density at radius 3 is 2.89 bits per heavy atom. The fourth-order valence-corrected chi connectivity index (χ4v) is 3.43. The van der Waals surface area contributed by atoms with Crippen LogP contribution in [0.25, 0.3) is 0 Å². The Morgan fingerprint density at radius 2 is 2.11 bits per heavy atom. The van der Waals surface area contributed by atoms with Crippen LogP contribution in [-0.4, -0.2) is 34.9 Å². The fourth-order valence-electron chi connectivity index (χ4n) is 3.43. The van der Waals surface area contributed by atoms with Crippen LogP contribution in [0.3, 0.4) is 0 Å². The monoisotopic (exact) mass is 389 g/mol. The van der Waals surface area contributed by atoms with Crippen molar-refractivity contribution in [1.29, 1.82) is 0 Å². The van der Waals surface area contributed by atoms with E-state index in [-0.39, 0.29) is 35.7 Å². The van der Waals surface area contributed by atoms with E-state index in [1.807, 2.05) is 6.92 Å². The molecule has 2 aromatic rings. The number of hydrogen-bond donors (Lipinski definition) is 1. The molecule has 1 aliphatic rings. The maximum absolute atomic E-state index is 14.1. The number of rotatable bonds is 6. The number of hydrogen-bond acceptors (Lipinski definition) is 4. The summed E-state index contributed by atoms with van der Waals surface area (Å²) in [5.74, 6) is -2.13. The van der Waals surface area contributed by atoms with Gasteiger partial charge in [-0.25, -0.2) is 9.37 Å². The predicted octanol–water partition coefficient (Wildman–Crippen LogP) is 3.95. The van der Waals surface area contributed by atoms with Gasteiger partial charge >= 0.3 is 0 Å². The molecule has 28 heavy (non-hydrogen) atoms. The molecule has 2 heterocycles. The Labute approximate surface area is 163 Å². The van der Waals surface area contributed by atoms with Gasteiger partial charge in [0.1, 0.15) is 0 Å². The van der Waals surface area contributed by atoms with Gasteiger partial charge in [-0.1, -0.05) is 25.5 Å². The first-order valence-electron chi connectivity index (χ1n) is 9.59. The smallest absolute Gasteiger partial charge is 0.237 e. The molecule has 1 fully saturated rings. The molecule has 0 spiro atoms. The van der Waals surface area contributed by atoms with Crippen molar-refractivity contribution >= 4 is 5.91 Å². The summed E-state index contributed by atoms with van der Waals surface area (Å²) in [6.45, 7) is 5.49. The molecule has 1 aromatic carbocycles. The minimum atomic E-state index is -1.05. The SMILES string of the molecule is CCN1CCCCC1C(=O)NCc1cccnc1Oc1ccc(C)c(F)c1F. The van der Waals surface area contributed by atoms with E-state index in [4.69, 9.17) is 4.74 Å². The fraction of sp³-hybridized carbons (Fsp3) is 0.429. The number of carbonyl (C=O) groups is 1. The third-order valence-electron chi connectivity index (χ3n) is 5.07. The van der Waals surface area contributed by atoms with E-state index in [1.165, 1.54) is 25.3 Å². The summed E-state index contributed by atoms with van der Waals surface area (Å²) in [6, 6.07) is 6.12. The van der Waals surface area contributed by atoms with Crippen molar-refractivity contribution in [2.24, 2.45) is 0 Å². The van der Waals surface area contributed by atoms with Crippen molar-refractivity contribution in [2.75, 3.05) is 13.1 Å². The zero-order chi connectivity index (χ0) is 20.1. The molecule has 1 saturated heterocycles. The highest BCUT2D eigenvalue weighted by atomic mass is 19.2. The Bertz CT molecular complexity index is 844. The van der Waals surface area contributed by atoms with Crippen LogP contribution in [0.15, 0.2) is 30.5 Å². The molecule has 1 aliphatic heterocycles. The van der Waals surface area contributed by atoms with Gasteiger partial charge in [-0.3, -0.25) is 9.69 Å². The van der Waals surface area contributed by atoms with Gasteiger partial charge in [0, 0.05) is 18.3 Å². The lowest BCUT2D eigenvalue weighted by atomic mass is 10.0. The van der Waals surface area contributed by atoms with E-state index in [2.05, 4.69) is 15.2 Å². The van der Waals surface area contributed by atoms with Crippen molar-refractivity contribution in [3.8, 4) is 11.6 Å². The number of nitrogens with one attached hydrogen (secondary N) is 1. The van der Waals surface area contributed by atoms with Gasteiger partial charge in [0.15, 0.2) is 11.6 Å². The quantitative estimate of drug-likeness (QED) is 0.813. The number of likely N-dealkylation sites (tertiary alicyclic amines) is 1. The van der Waals surface area contributed by atoms with Gasteiger partial charge in [-0.05, 0) is 50.6 Å². The third kappa shape index (κ3) is 4.47. The predicted molar refractivity (Wildman–Crippen MR) is 102 cm³/mol. The molecule has 0 aliphatic carbocycles. The Kier molecular flexibility index (Phi) is 6.57. The third-order valence-corrected chi connectivity index (χ3v) is 5.07. The number of likely N-dealkylation sites (N-methyl/N-ethyl adjacent to an activating group) is 1. The number of piperidine rings is 1. The van der Waals surface area contributed by atoms with E-state index in [0.29, 0.717) is 5.56 Å². The maximum Gasteiger partial charge on any atom is 0.237 e. The van der Waals surface area contributed by atoms with E-state index in [1.54, 1.807) is 12.1 Å². The number of halogens is 2. The number of ether oxygens (including phenoxy) is 1. The molecule has 1 N–H and O–H groups in total. The molecule has 3 rings (SSSR count). The number of nitrogens with zero attached hydrogens (tertiary/aromatic N) is 2. The number of amides is 1. The number of benzene rings is 1. The largest absolute Gasteiger partial charge is 0.435 e. The summed E-state index contributed by atoms with van der Waals surface area (Å²) in [6.07, 6.45) is 4.48. The summed E-state index contributed by atoms with van der Waals surface area (Å²) >= 11 is 0. The molecular formula is C21H25F2N3O2. The molecule has 0 radical (unpaired) electrons. The number of aryl methyl sites for hydroxylation is 1. The van der Waals surface area contributed by atoms with Gasteiger partial charge < -0.3 is 10.1 Å². The van der Waals surface area contributed by atoms with Crippen molar-refractivity contribution in [2.45, 2.75) is 45.7 Å². The standard InChI is InChI=1S/C21H25F2N3O2/c1-3-26-12-5-4-8-16(26)20(27)25-13-15-7-6-11-24-21(15)28-17-10-9-14(2)18(22)19(17)23/h6-7,9-11,16H,3-5,8,12-13H2,1-2H3,(H,25,27). The van der Waals surface area contributed by atoms with Crippen LogP contribution in [0.5, 0.6) is 11.6 Å². The van der Waals surface area contributed by atoms with E-state index < -0.39 is 11.6 Å². The average Bonchev–Trinajstić information content (AvgIpc) is 2.73. The number of carbonyl (C=O) groups excluding carboxylic acids is 1. The molecule has 150 valence electrons. The summed E-state index contributed by atoms with van der Waals surface area (Å²) in [5, 5.41) is 2.93. The summed E-state index contributed by atoms with van der Waals surface area (Å²) < 4.78 is 33.4. The van der Waals surface area contributed by atoms with Crippen molar-refractivity contribution < 1.29 is 18.3 Å². The van der Waals surface area contributed by atoms with E-state index >= 15 is 0 Å². The normalized spacial score (nSPS) is 17.4. The number of aromatic nitrogens is 1. The molecule has 0 saturated carbocycles. The van der Waals surface area contributed by atoms with Gasteiger partial charge in [0.25, 0.3) is 0 Å². The first-order chi connectivity index (χ1) is 13.5. The van der Waals surface area contributed by atoms with Crippen LogP contribution in [0.1, 0.15) is 37.3 Å². The van der Waals surface area contributed by atoms with E-state index in [9.17, 15) is 13.6 Å². The van der Waals surface area contributed by atoms with Crippen LogP contribution in [-0.2, 0) is 11.3 Å². The molecule has 1 unspecified atom stereocenters. The average molecular weight is 389 g/mol. The van der Waals surface area contributed by atoms with Crippen molar-refractivity contribution in [3.63, 3.8) is 0 Å². The molecule has 7 heteroatoms. The molecule has 0 bridgehead atoms. The first-order valence-corrected chi connectivity index (χ1v) is 9.59. The highest BCUT2D eigenvalue weighted by Crippen LogP contribution is 2.28. The van der Waals surface area contributed by atoms with Gasteiger partial charge in [0.05, 0.1) is 6.04 Å². The van der Waals surface area contributed by atoms with Crippen LogP contribution in [0, 0.1) is 18.6 Å². The lowest BCUT2D eigenvalue weighted by Gasteiger charge is -2.33. The van der Waals surface area contributed by atoms with Gasteiger partial charge in [-0.15, -0.1) is 0 Å². The van der Waals surface area contributed by atoms with Crippen molar-refractivity contribution in [3.05, 3.63) is 53.2 Å². The summed E-state index contributed by atoms with van der Waals surface area (Å²) in [5.41, 5.74) is 0.793. The Balaban J connectivity index is 1.71. The Morgan fingerprint density at radius 1 is 1.29 bits per heavy atom. The molecule has 5 nitrogen and oxygen atoms in total.